The first-order valence-electron chi connectivity index (χ1n) is 8.79. The molecule has 0 saturated carbocycles. The van der Waals surface area contributed by atoms with Gasteiger partial charge >= 0.3 is 5.97 Å². The lowest BCUT2D eigenvalue weighted by atomic mass is 10.2. The van der Waals surface area contributed by atoms with Crippen molar-refractivity contribution in [1.82, 2.24) is 4.31 Å². The summed E-state index contributed by atoms with van der Waals surface area (Å²) in [6.45, 7) is 0.595. The Labute approximate surface area is 163 Å². The van der Waals surface area contributed by atoms with Gasteiger partial charge < -0.3 is 15.8 Å². The molecule has 1 aliphatic heterocycles. The van der Waals surface area contributed by atoms with Crippen LogP contribution in [0.3, 0.4) is 0 Å². The summed E-state index contributed by atoms with van der Waals surface area (Å²) < 4.78 is 31.4. The van der Waals surface area contributed by atoms with Gasteiger partial charge in [0, 0.05) is 24.5 Å². The van der Waals surface area contributed by atoms with Gasteiger partial charge in [0.2, 0.25) is 10.0 Å². The highest BCUT2D eigenvalue weighted by Gasteiger charge is 2.26. The predicted molar refractivity (Wildman–Crippen MR) is 104 cm³/mol. The molecule has 1 heterocycles. The lowest BCUT2D eigenvalue weighted by Gasteiger charge is -2.15. The molecule has 2 aromatic rings. The number of hydrogen-bond donors (Lipinski definition) is 2. The number of amides is 1. The summed E-state index contributed by atoms with van der Waals surface area (Å²) in [5.74, 6) is -1.17. The van der Waals surface area contributed by atoms with E-state index in [2.05, 4.69) is 5.32 Å². The Morgan fingerprint density at radius 1 is 1.00 bits per heavy atom. The van der Waals surface area contributed by atoms with Crippen molar-refractivity contribution in [2.45, 2.75) is 17.7 Å². The van der Waals surface area contributed by atoms with Crippen LogP contribution >= 0.6 is 0 Å². The van der Waals surface area contributed by atoms with Gasteiger partial charge in [-0.1, -0.05) is 0 Å². The molecule has 148 valence electrons. The van der Waals surface area contributed by atoms with Crippen molar-refractivity contribution in [2.75, 3.05) is 30.7 Å². The summed E-state index contributed by atoms with van der Waals surface area (Å²) in [6.07, 6.45) is 1.73. The summed E-state index contributed by atoms with van der Waals surface area (Å²) in [6, 6.07) is 12.0. The van der Waals surface area contributed by atoms with Crippen LogP contribution in [0.1, 0.15) is 23.2 Å². The summed E-state index contributed by atoms with van der Waals surface area (Å²) in [5.41, 5.74) is 6.77. The number of carbonyl (C=O) groups excluding carboxylic acids is 2. The number of benzene rings is 2. The SMILES string of the molecule is Nc1ccc(C(=O)OCC(=O)Nc2ccc(S(=O)(=O)N3CCCC3)cc2)cc1. The Balaban J connectivity index is 1.54. The second kappa shape index (κ2) is 8.41. The maximum atomic E-state index is 12.5. The first-order valence-corrected chi connectivity index (χ1v) is 10.2. The van der Waals surface area contributed by atoms with E-state index in [0.717, 1.165) is 12.8 Å². The fraction of sp³-hybridized carbons (Fsp3) is 0.263. The zero-order valence-corrected chi connectivity index (χ0v) is 15.9. The first-order chi connectivity index (χ1) is 13.4. The van der Waals surface area contributed by atoms with Gasteiger partial charge in [-0.15, -0.1) is 0 Å². The van der Waals surface area contributed by atoms with Crippen molar-refractivity contribution in [2.24, 2.45) is 0 Å². The number of nitrogens with one attached hydrogen (secondary N) is 1. The number of rotatable bonds is 6. The topological polar surface area (TPSA) is 119 Å². The predicted octanol–water partition coefficient (Wildman–Crippen LogP) is 1.85. The van der Waals surface area contributed by atoms with E-state index in [1.54, 1.807) is 12.1 Å². The molecular weight excluding hydrogens is 382 g/mol. The largest absolute Gasteiger partial charge is 0.452 e. The van der Waals surface area contributed by atoms with Crippen LogP contribution in [0.2, 0.25) is 0 Å². The van der Waals surface area contributed by atoms with Crippen LogP contribution in [0, 0.1) is 0 Å². The summed E-state index contributed by atoms with van der Waals surface area (Å²) in [5, 5.41) is 2.56. The van der Waals surface area contributed by atoms with E-state index in [9.17, 15) is 18.0 Å². The van der Waals surface area contributed by atoms with Crippen LogP contribution in [-0.4, -0.2) is 44.3 Å². The number of nitrogen functional groups attached to an aromatic ring is 1. The van der Waals surface area contributed by atoms with Crippen LogP contribution in [0.15, 0.2) is 53.4 Å². The zero-order chi connectivity index (χ0) is 20.1. The molecule has 28 heavy (non-hydrogen) atoms. The fourth-order valence-electron chi connectivity index (χ4n) is 2.82. The molecule has 1 amide bonds. The zero-order valence-electron chi connectivity index (χ0n) is 15.1. The molecule has 2 aromatic carbocycles. The average molecular weight is 403 g/mol. The van der Waals surface area contributed by atoms with Crippen LogP contribution < -0.4 is 11.1 Å². The number of esters is 1. The first kappa shape index (κ1) is 19.8. The molecule has 0 unspecified atom stereocenters. The van der Waals surface area contributed by atoms with Crippen molar-refractivity contribution < 1.29 is 22.7 Å². The van der Waals surface area contributed by atoms with E-state index in [1.807, 2.05) is 0 Å². The van der Waals surface area contributed by atoms with Crippen LogP contribution in [0.4, 0.5) is 11.4 Å². The Kier molecular flexibility index (Phi) is 5.96. The molecule has 9 heteroatoms. The average Bonchev–Trinajstić information content (AvgIpc) is 3.23. The Morgan fingerprint density at radius 3 is 2.21 bits per heavy atom. The van der Waals surface area contributed by atoms with Crippen molar-refractivity contribution in [3.63, 3.8) is 0 Å². The second-order valence-electron chi connectivity index (χ2n) is 6.38. The minimum Gasteiger partial charge on any atom is -0.452 e. The minimum absolute atomic E-state index is 0.183. The van der Waals surface area contributed by atoms with Gasteiger partial charge in [0.15, 0.2) is 6.61 Å². The summed E-state index contributed by atoms with van der Waals surface area (Å²) in [4.78, 5) is 24.0. The summed E-state index contributed by atoms with van der Waals surface area (Å²) in [7, 11) is -3.50. The molecular formula is C19H21N3O5S. The number of nitrogens with two attached hydrogens (primary N) is 1. The van der Waals surface area contributed by atoms with E-state index >= 15 is 0 Å². The number of anilines is 2. The molecule has 1 saturated heterocycles. The molecule has 0 radical (unpaired) electrons. The second-order valence-corrected chi connectivity index (χ2v) is 8.32. The highest BCUT2D eigenvalue weighted by Crippen LogP contribution is 2.22. The number of sulfonamides is 1. The van der Waals surface area contributed by atoms with Gasteiger partial charge in [-0.3, -0.25) is 4.79 Å². The maximum absolute atomic E-state index is 12.5. The van der Waals surface area contributed by atoms with Crippen LogP contribution in [0.5, 0.6) is 0 Å². The van der Waals surface area contributed by atoms with E-state index in [0.29, 0.717) is 30.0 Å². The van der Waals surface area contributed by atoms with Crippen molar-refractivity contribution in [3.8, 4) is 0 Å². The highest BCUT2D eigenvalue weighted by atomic mass is 32.2. The minimum atomic E-state index is -3.50. The van der Waals surface area contributed by atoms with E-state index in [-0.39, 0.29) is 4.90 Å². The fourth-order valence-corrected chi connectivity index (χ4v) is 4.34. The maximum Gasteiger partial charge on any atom is 0.338 e. The standard InChI is InChI=1S/C19H21N3O5S/c20-15-5-3-14(4-6-15)19(24)27-13-18(23)21-16-7-9-17(10-8-16)28(25,26)22-11-1-2-12-22/h3-10H,1-2,11-13,20H2,(H,21,23). The third-order valence-electron chi connectivity index (χ3n) is 4.32. The lowest BCUT2D eigenvalue weighted by molar-refractivity contribution is -0.119. The normalized spacial score (nSPS) is 14.6. The third kappa shape index (κ3) is 4.68. The third-order valence-corrected chi connectivity index (χ3v) is 6.23. The van der Waals surface area contributed by atoms with E-state index in [4.69, 9.17) is 10.5 Å². The Hall–Kier alpha value is -2.91. The molecule has 3 N–H and O–H groups in total. The van der Waals surface area contributed by atoms with Crippen molar-refractivity contribution in [1.29, 1.82) is 0 Å². The molecule has 0 spiro atoms. The molecule has 0 bridgehead atoms. The van der Waals surface area contributed by atoms with Gasteiger partial charge in [-0.05, 0) is 61.4 Å². The Bertz CT molecular complexity index is 950. The molecule has 8 nitrogen and oxygen atoms in total. The van der Waals surface area contributed by atoms with Crippen LogP contribution in [-0.2, 0) is 19.6 Å². The molecule has 1 fully saturated rings. The molecule has 1 aliphatic rings. The van der Waals surface area contributed by atoms with Crippen LogP contribution in [0.25, 0.3) is 0 Å². The lowest BCUT2D eigenvalue weighted by Crippen LogP contribution is -2.27. The summed E-state index contributed by atoms with van der Waals surface area (Å²) >= 11 is 0. The molecule has 0 atom stereocenters. The van der Waals surface area contributed by atoms with E-state index in [1.165, 1.54) is 40.7 Å². The number of ether oxygens (including phenoxy) is 1. The Morgan fingerprint density at radius 2 is 1.61 bits per heavy atom. The van der Waals surface area contributed by atoms with Crippen molar-refractivity contribution >= 4 is 33.3 Å². The number of carbonyl (C=O) groups is 2. The van der Waals surface area contributed by atoms with Gasteiger partial charge in [-0.2, -0.15) is 4.31 Å². The van der Waals surface area contributed by atoms with Gasteiger partial charge in [0.25, 0.3) is 5.91 Å². The van der Waals surface area contributed by atoms with E-state index < -0.39 is 28.5 Å². The molecule has 3 rings (SSSR count). The van der Waals surface area contributed by atoms with Crippen molar-refractivity contribution in [3.05, 3.63) is 54.1 Å². The highest BCUT2D eigenvalue weighted by molar-refractivity contribution is 7.89. The van der Waals surface area contributed by atoms with Gasteiger partial charge in [-0.25, -0.2) is 13.2 Å². The monoisotopic (exact) mass is 403 g/mol. The molecule has 0 aromatic heterocycles. The van der Waals surface area contributed by atoms with Gasteiger partial charge in [0.1, 0.15) is 0 Å². The number of hydrogen-bond acceptors (Lipinski definition) is 6. The molecule has 0 aliphatic carbocycles. The smallest absolute Gasteiger partial charge is 0.338 e. The quantitative estimate of drug-likeness (QED) is 0.561. The van der Waals surface area contributed by atoms with Gasteiger partial charge in [0.05, 0.1) is 10.5 Å². The number of nitrogens with zero attached hydrogens (tertiary/aromatic N) is 1.